The predicted octanol–water partition coefficient (Wildman–Crippen LogP) is 2.93. The van der Waals surface area contributed by atoms with Gasteiger partial charge in [-0.15, -0.1) is 11.3 Å². The lowest BCUT2D eigenvalue weighted by Crippen LogP contribution is -2.28. The maximum absolute atomic E-state index is 12.8. The van der Waals surface area contributed by atoms with Gasteiger partial charge in [-0.3, -0.25) is 9.59 Å². The molecule has 0 aromatic carbocycles. The second-order valence-corrected chi connectivity index (χ2v) is 8.80. The van der Waals surface area contributed by atoms with Gasteiger partial charge < -0.3 is 15.4 Å². The number of hydrogen-bond donors (Lipinski definition) is 2. The van der Waals surface area contributed by atoms with Crippen molar-refractivity contribution < 1.29 is 14.4 Å². The number of carbonyl (C=O) groups excluding carboxylic acids is 3. The van der Waals surface area contributed by atoms with Crippen molar-refractivity contribution in [2.75, 3.05) is 11.9 Å². The van der Waals surface area contributed by atoms with Crippen LogP contribution >= 0.6 is 11.3 Å². The van der Waals surface area contributed by atoms with Gasteiger partial charge in [0.05, 0.1) is 5.56 Å². The Kier molecular flexibility index (Phi) is 4.63. The van der Waals surface area contributed by atoms with Gasteiger partial charge in [0.25, 0.3) is 5.91 Å². The fraction of sp³-hybridized carbons (Fsp3) is 0.632. The lowest BCUT2D eigenvalue weighted by molar-refractivity contribution is -0.116. The van der Waals surface area contributed by atoms with Gasteiger partial charge in [-0.1, -0.05) is 0 Å². The number of aldehydes is 1. The Morgan fingerprint density at radius 1 is 1.12 bits per heavy atom. The highest BCUT2D eigenvalue weighted by Gasteiger charge is 2.31. The average Bonchev–Trinajstić information content (AvgIpc) is 3.51. The molecule has 1 heterocycles. The fourth-order valence-electron chi connectivity index (χ4n) is 3.46. The van der Waals surface area contributed by atoms with E-state index in [-0.39, 0.29) is 17.7 Å². The third-order valence-electron chi connectivity index (χ3n) is 5.39. The minimum Gasteiger partial charge on any atom is -0.352 e. The number of aryl methyl sites for hydroxylation is 1. The van der Waals surface area contributed by atoms with Crippen LogP contribution in [0.5, 0.6) is 0 Å². The van der Waals surface area contributed by atoms with Gasteiger partial charge in [0.15, 0.2) is 0 Å². The molecule has 0 radical (unpaired) electrons. The van der Waals surface area contributed by atoms with Gasteiger partial charge in [0.1, 0.15) is 11.3 Å². The second kappa shape index (κ2) is 6.90. The Labute approximate surface area is 151 Å². The number of fused-ring (bicyclic) bond motifs is 1. The summed E-state index contributed by atoms with van der Waals surface area (Å²) in [6.07, 6.45) is 8.41. The standard InChI is InChI=1S/C19H24N2O3S/c22-10-13-5-6-15-14(7-13)17(18(24)20-9-12-3-4-12)19(25-15)21-16(23)8-11-1-2-11/h10-13H,1-9H2,(H,20,24)(H,21,23). The molecule has 134 valence electrons. The molecule has 1 atom stereocenters. The van der Waals surface area contributed by atoms with E-state index in [0.717, 1.165) is 42.4 Å². The Morgan fingerprint density at radius 2 is 1.88 bits per heavy atom. The number of anilines is 1. The molecule has 0 bridgehead atoms. The third kappa shape index (κ3) is 3.94. The summed E-state index contributed by atoms with van der Waals surface area (Å²) < 4.78 is 0. The first-order chi connectivity index (χ1) is 12.1. The minimum atomic E-state index is -0.0994. The van der Waals surface area contributed by atoms with E-state index in [4.69, 9.17) is 0 Å². The lowest BCUT2D eigenvalue weighted by Gasteiger charge is -2.18. The van der Waals surface area contributed by atoms with E-state index in [1.807, 2.05) is 0 Å². The molecular weight excluding hydrogens is 336 g/mol. The van der Waals surface area contributed by atoms with Crippen LogP contribution in [-0.4, -0.2) is 24.6 Å². The highest BCUT2D eigenvalue weighted by molar-refractivity contribution is 7.17. The molecule has 4 rings (SSSR count). The molecule has 2 fully saturated rings. The molecule has 3 aliphatic rings. The summed E-state index contributed by atoms with van der Waals surface area (Å²) in [5.74, 6) is 1.00. The third-order valence-corrected chi connectivity index (χ3v) is 6.60. The maximum atomic E-state index is 12.8. The van der Waals surface area contributed by atoms with Crippen molar-refractivity contribution in [3.8, 4) is 0 Å². The molecule has 5 nitrogen and oxygen atoms in total. The zero-order valence-corrected chi connectivity index (χ0v) is 15.1. The monoisotopic (exact) mass is 360 g/mol. The first-order valence-corrected chi connectivity index (χ1v) is 10.1. The maximum Gasteiger partial charge on any atom is 0.254 e. The molecule has 6 heteroatoms. The van der Waals surface area contributed by atoms with Crippen LogP contribution in [0.1, 0.15) is 59.3 Å². The van der Waals surface area contributed by atoms with Crippen molar-refractivity contribution >= 4 is 34.4 Å². The average molecular weight is 360 g/mol. The molecule has 2 amide bonds. The number of hydrogen-bond acceptors (Lipinski definition) is 4. The summed E-state index contributed by atoms with van der Waals surface area (Å²) in [6.45, 7) is 0.704. The molecule has 0 spiro atoms. The first-order valence-electron chi connectivity index (χ1n) is 9.32. The summed E-state index contributed by atoms with van der Waals surface area (Å²) in [7, 11) is 0. The fourth-order valence-corrected chi connectivity index (χ4v) is 4.72. The Hall–Kier alpha value is -1.69. The Bertz CT molecular complexity index is 704. The van der Waals surface area contributed by atoms with E-state index < -0.39 is 0 Å². The summed E-state index contributed by atoms with van der Waals surface area (Å²) in [5.41, 5.74) is 1.58. The molecule has 25 heavy (non-hydrogen) atoms. The largest absolute Gasteiger partial charge is 0.352 e. The molecule has 2 N–H and O–H groups in total. The molecular formula is C19H24N2O3S. The van der Waals surface area contributed by atoms with Crippen LogP contribution in [0.25, 0.3) is 0 Å². The molecule has 0 aliphatic heterocycles. The highest BCUT2D eigenvalue weighted by Crippen LogP contribution is 2.40. The normalized spacial score (nSPS) is 22.2. The smallest absolute Gasteiger partial charge is 0.254 e. The molecule has 1 aromatic heterocycles. The van der Waals surface area contributed by atoms with Crippen molar-refractivity contribution in [3.05, 3.63) is 16.0 Å². The number of carbonyl (C=O) groups is 3. The van der Waals surface area contributed by atoms with Crippen molar-refractivity contribution in [1.82, 2.24) is 5.32 Å². The first kappa shape index (κ1) is 16.8. The van der Waals surface area contributed by atoms with Crippen molar-refractivity contribution in [2.45, 2.75) is 51.4 Å². The van der Waals surface area contributed by atoms with Crippen molar-refractivity contribution in [1.29, 1.82) is 0 Å². The minimum absolute atomic E-state index is 0.00396. The van der Waals surface area contributed by atoms with E-state index in [9.17, 15) is 14.4 Å². The van der Waals surface area contributed by atoms with Gasteiger partial charge in [0, 0.05) is 23.8 Å². The molecule has 1 aromatic rings. The predicted molar refractivity (Wildman–Crippen MR) is 96.9 cm³/mol. The zero-order chi connectivity index (χ0) is 17.4. The summed E-state index contributed by atoms with van der Waals surface area (Å²) in [4.78, 5) is 37.4. The van der Waals surface area contributed by atoms with E-state index in [0.29, 0.717) is 41.8 Å². The highest BCUT2D eigenvalue weighted by atomic mass is 32.1. The van der Waals surface area contributed by atoms with Gasteiger partial charge in [-0.05, 0) is 62.3 Å². The van der Waals surface area contributed by atoms with Gasteiger partial charge >= 0.3 is 0 Å². The van der Waals surface area contributed by atoms with E-state index in [2.05, 4.69) is 10.6 Å². The molecule has 2 saturated carbocycles. The second-order valence-electron chi connectivity index (χ2n) is 7.70. The van der Waals surface area contributed by atoms with Crippen LogP contribution in [0.15, 0.2) is 0 Å². The van der Waals surface area contributed by atoms with Gasteiger partial charge in [-0.25, -0.2) is 0 Å². The van der Waals surface area contributed by atoms with Crippen molar-refractivity contribution in [3.63, 3.8) is 0 Å². The van der Waals surface area contributed by atoms with Gasteiger partial charge in [-0.2, -0.15) is 0 Å². The summed E-state index contributed by atoms with van der Waals surface area (Å²) in [6, 6.07) is 0. The Morgan fingerprint density at radius 3 is 2.56 bits per heavy atom. The summed E-state index contributed by atoms with van der Waals surface area (Å²) in [5, 5.41) is 6.69. The molecule has 1 unspecified atom stereocenters. The number of nitrogens with one attached hydrogen (secondary N) is 2. The van der Waals surface area contributed by atoms with Crippen molar-refractivity contribution in [2.24, 2.45) is 17.8 Å². The lowest BCUT2D eigenvalue weighted by atomic mass is 9.87. The van der Waals surface area contributed by atoms with E-state index in [1.54, 1.807) is 0 Å². The molecule has 0 saturated heterocycles. The SMILES string of the molecule is O=CC1CCc2sc(NC(=O)CC3CC3)c(C(=O)NCC3CC3)c2C1. The number of thiophene rings is 1. The van der Waals surface area contributed by atoms with E-state index >= 15 is 0 Å². The van der Waals surface area contributed by atoms with Gasteiger partial charge in [0.2, 0.25) is 5.91 Å². The van der Waals surface area contributed by atoms with Crippen LogP contribution in [-0.2, 0) is 22.4 Å². The van der Waals surface area contributed by atoms with Crippen LogP contribution in [0.4, 0.5) is 5.00 Å². The zero-order valence-electron chi connectivity index (χ0n) is 14.3. The van der Waals surface area contributed by atoms with Crippen LogP contribution in [0.2, 0.25) is 0 Å². The number of rotatable bonds is 7. The Balaban J connectivity index is 1.56. The van der Waals surface area contributed by atoms with Crippen LogP contribution in [0, 0.1) is 17.8 Å². The topological polar surface area (TPSA) is 75.3 Å². The van der Waals surface area contributed by atoms with Crippen LogP contribution < -0.4 is 10.6 Å². The summed E-state index contributed by atoms with van der Waals surface area (Å²) >= 11 is 1.52. The van der Waals surface area contributed by atoms with Crippen LogP contribution in [0.3, 0.4) is 0 Å². The van der Waals surface area contributed by atoms with E-state index in [1.165, 1.54) is 24.2 Å². The molecule has 3 aliphatic carbocycles. The number of amides is 2. The quantitative estimate of drug-likeness (QED) is 0.734.